The Morgan fingerprint density at radius 3 is 2.85 bits per heavy atom. The van der Waals surface area contributed by atoms with Gasteiger partial charge in [0, 0.05) is 25.2 Å². The Morgan fingerprint density at radius 2 is 2.11 bits per heavy atom. The fourth-order valence-electron chi connectivity index (χ4n) is 3.25. The highest BCUT2D eigenvalue weighted by Crippen LogP contribution is 2.24. The van der Waals surface area contributed by atoms with Crippen LogP contribution in [0.4, 0.5) is 10.2 Å². The van der Waals surface area contributed by atoms with Crippen molar-refractivity contribution in [2.75, 3.05) is 18.0 Å². The number of rotatable bonds is 4. The summed E-state index contributed by atoms with van der Waals surface area (Å²) in [6.07, 6.45) is 1.85. The normalized spacial score (nSPS) is 17.1. The van der Waals surface area contributed by atoms with Crippen LogP contribution in [0, 0.1) is 5.82 Å². The van der Waals surface area contributed by atoms with Gasteiger partial charge in [-0.1, -0.05) is 0 Å². The first kappa shape index (κ1) is 17.8. The van der Waals surface area contributed by atoms with E-state index in [0.717, 1.165) is 36.5 Å². The van der Waals surface area contributed by atoms with E-state index in [1.165, 1.54) is 12.1 Å². The first-order valence-corrected chi connectivity index (χ1v) is 9.50. The van der Waals surface area contributed by atoms with Gasteiger partial charge in [-0.05, 0) is 70.7 Å². The van der Waals surface area contributed by atoms with E-state index in [9.17, 15) is 9.18 Å². The Kier molecular flexibility index (Phi) is 4.98. The molecule has 3 heterocycles. The molecule has 6 nitrogen and oxygen atoms in total. The second-order valence-electron chi connectivity index (χ2n) is 6.51. The molecule has 0 saturated carbocycles. The molecular formula is C19H18BrFN4O2. The minimum absolute atomic E-state index is 0.0149. The van der Waals surface area contributed by atoms with Gasteiger partial charge >= 0.3 is 0 Å². The zero-order valence-electron chi connectivity index (χ0n) is 14.4. The molecule has 0 radical (unpaired) electrons. The van der Waals surface area contributed by atoms with Crippen LogP contribution in [-0.2, 0) is 0 Å². The maximum atomic E-state index is 13.1. The van der Waals surface area contributed by atoms with Crippen molar-refractivity contribution < 1.29 is 13.6 Å². The third kappa shape index (κ3) is 4.05. The molecule has 1 aliphatic heterocycles. The van der Waals surface area contributed by atoms with Crippen LogP contribution in [0.15, 0.2) is 51.6 Å². The van der Waals surface area contributed by atoms with Gasteiger partial charge in [-0.15, -0.1) is 0 Å². The molecule has 1 aliphatic rings. The lowest BCUT2D eigenvalue weighted by Gasteiger charge is -2.33. The minimum atomic E-state index is -0.267. The Labute approximate surface area is 163 Å². The SMILES string of the molecule is O=C(N[C@H]1CCCN(c2cc(-c3ccc(F)cc3)[nH]n2)C1)c1ccc(Br)o1. The number of carbonyl (C=O) groups is 1. The number of benzene rings is 1. The summed E-state index contributed by atoms with van der Waals surface area (Å²) < 4.78 is 18.9. The summed E-state index contributed by atoms with van der Waals surface area (Å²) in [6.45, 7) is 1.54. The quantitative estimate of drug-likeness (QED) is 0.653. The smallest absolute Gasteiger partial charge is 0.287 e. The highest BCUT2D eigenvalue weighted by Gasteiger charge is 2.24. The van der Waals surface area contributed by atoms with E-state index >= 15 is 0 Å². The summed E-state index contributed by atoms with van der Waals surface area (Å²) >= 11 is 3.20. The van der Waals surface area contributed by atoms with E-state index in [2.05, 4.69) is 36.3 Å². The van der Waals surface area contributed by atoms with Gasteiger partial charge in [-0.2, -0.15) is 5.10 Å². The van der Waals surface area contributed by atoms with Crippen LogP contribution in [0.5, 0.6) is 0 Å². The van der Waals surface area contributed by atoms with Crippen molar-refractivity contribution >= 4 is 27.7 Å². The van der Waals surface area contributed by atoms with Crippen molar-refractivity contribution in [2.24, 2.45) is 0 Å². The Morgan fingerprint density at radius 1 is 1.30 bits per heavy atom. The Balaban J connectivity index is 1.42. The van der Waals surface area contributed by atoms with E-state index < -0.39 is 0 Å². The predicted octanol–water partition coefficient (Wildman–Crippen LogP) is 3.97. The third-order valence-corrected chi connectivity index (χ3v) is 5.02. The minimum Gasteiger partial charge on any atom is -0.444 e. The maximum Gasteiger partial charge on any atom is 0.287 e. The molecular weight excluding hydrogens is 415 g/mol. The number of aromatic nitrogens is 2. The van der Waals surface area contributed by atoms with Gasteiger partial charge in [-0.3, -0.25) is 9.89 Å². The Bertz CT molecular complexity index is 937. The molecule has 0 aliphatic carbocycles. The zero-order valence-corrected chi connectivity index (χ0v) is 16.0. The van der Waals surface area contributed by atoms with Crippen molar-refractivity contribution in [1.82, 2.24) is 15.5 Å². The van der Waals surface area contributed by atoms with Gasteiger partial charge in [0.15, 0.2) is 16.2 Å². The molecule has 140 valence electrons. The van der Waals surface area contributed by atoms with Gasteiger partial charge in [0.1, 0.15) is 5.82 Å². The van der Waals surface area contributed by atoms with Crippen molar-refractivity contribution in [3.8, 4) is 11.3 Å². The number of anilines is 1. The summed E-state index contributed by atoms with van der Waals surface area (Å²) in [4.78, 5) is 14.4. The second-order valence-corrected chi connectivity index (χ2v) is 7.29. The third-order valence-electron chi connectivity index (χ3n) is 4.60. The molecule has 0 unspecified atom stereocenters. The van der Waals surface area contributed by atoms with E-state index in [1.54, 1.807) is 24.3 Å². The number of hydrogen-bond acceptors (Lipinski definition) is 4. The molecule has 1 aromatic carbocycles. The Hall–Kier alpha value is -2.61. The van der Waals surface area contributed by atoms with Gasteiger partial charge in [0.05, 0.1) is 5.69 Å². The standard InChI is InChI=1S/C19H18BrFN4O2/c20-17-8-7-16(27-17)19(26)22-14-2-1-9-25(11-14)18-10-15(23-24-18)12-3-5-13(21)6-4-12/h3-8,10,14H,1-2,9,11H2,(H,22,26)(H,23,24)/t14-/m0/s1. The molecule has 2 aromatic heterocycles. The van der Waals surface area contributed by atoms with Crippen LogP contribution in [0.2, 0.25) is 0 Å². The fourth-order valence-corrected chi connectivity index (χ4v) is 3.55. The van der Waals surface area contributed by atoms with Crippen molar-refractivity contribution in [2.45, 2.75) is 18.9 Å². The highest BCUT2D eigenvalue weighted by atomic mass is 79.9. The van der Waals surface area contributed by atoms with Crippen LogP contribution in [0.25, 0.3) is 11.3 Å². The van der Waals surface area contributed by atoms with Crippen LogP contribution in [-0.4, -0.2) is 35.2 Å². The summed E-state index contributed by atoms with van der Waals surface area (Å²) in [5, 5.41) is 10.4. The van der Waals surface area contributed by atoms with Gasteiger partial charge < -0.3 is 14.6 Å². The fraction of sp³-hybridized carbons (Fsp3) is 0.263. The number of piperidine rings is 1. The summed E-state index contributed by atoms with van der Waals surface area (Å²) in [7, 11) is 0. The number of halogens is 2. The number of carbonyl (C=O) groups excluding carboxylic acids is 1. The van der Waals surface area contributed by atoms with Gasteiger partial charge in [0.25, 0.3) is 5.91 Å². The number of nitrogens with one attached hydrogen (secondary N) is 2. The van der Waals surface area contributed by atoms with Crippen molar-refractivity contribution in [3.05, 3.63) is 58.7 Å². The molecule has 3 aromatic rings. The van der Waals surface area contributed by atoms with Crippen LogP contribution in [0.1, 0.15) is 23.4 Å². The molecule has 2 N–H and O–H groups in total. The molecule has 27 heavy (non-hydrogen) atoms. The largest absolute Gasteiger partial charge is 0.444 e. The first-order chi connectivity index (χ1) is 13.1. The van der Waals surface area contributed by atoms with Crippen LogP contribution >= 0.6 is 15.9 Å². The van der Waals surface area contributed by atoms with Crippen molar-refractivity contribution in [1.29, 1.82) is 0 Å². The maximum absolute atomic E-state index is 13.1. The van der Waals surface area contributed by atoms with E-state index in [4.69, 9.17) is 4.42 Å². The molecule has 8 heteroatoms. The van der Waals surface area contributed by atoms with Crippen LogP contribution < -0.4 is 10.2 Å². The average Bonchev–Trinajstić information content (AvgIpc) is 3.32. The predicted molar refractivity (Wildman–Crippen MR) is 103 cm³/mol. The lowest BCUT2D eigenvalue weighted by Crippen LogP contribution is -2.47. The van der Waals surface area contributed by atoms with Crippen molar-refractivity contribution in [3.63, 3.8) is 0 Å². The molecule has 4 rings (SSSR count). The molecule has 1 saturated heterocycles. The topological polar surface area (TPSA) is 74.2 Å². The van der Waals surface area contributed by atoms with Gasteiger partial charge in [0.2, 0.25) is 0 Å². The number of aromatic amines is 1. The number of amides is 1. The van der Waals surface area contributed by atoms with Gasteiger partial charge in [-0.25, -0.2) is 4.39 Å². The lowest BCUT2D eigenvalue weighted by molar-refractivity contribution is 0.0903. The molecule has 0 bridgehead atoms. The average molecular weight is 433 g/mol. The number of nitrogens with zero attached hydrogens (tertiary/aromatic N) is 2. The van der Waals surface area contributed by atoms with E-state index in [-0.39, 0.29) is 23.5 Å². The number of H-pyrrole nitrogens is 1. The first-order valence-electron chi connectivity index (χ1n) is 8.71. The molecule has 0 spiro atoms. The molecule has 1 amide bonds. The summed E-state index contributed by atoms with van der Waals surface area (Å²) in [5.74, 6) is 0.615. The lowest BCUT2D eigenvalue weighted by atomic mass is 10.1. The highest BCUT2D eigenvalue weighted by molar-refractivity contribution is 9.10. The molecule has 1 fully saturated rings. The zero-order chi connectivity index (χ0) is 18.8. The van der Waals surface area contributed by atoms with E-state index in [1.807, 2.05) is 6.07 Å². The summed E-state index contributed by atoms with van der Waals surface area (Å²) in [6, 6.07) is 11.6. The second kappa shape index (κ2) is 7.56. The number of hydrogen-bond donors (Lipinski definition) is 2. The van der Waals surface area contributed by atoms with E-state index in [0.29, 0.717) is 11.2 Å². The monoisotopic (exact) mass is 432 g/mol. The summed E-state index contributed by atoms with van der Waals surface area (Å²) in [5.41, 5.74) is 1.71. The molecule has 1 atom stereocenters. The number of furan rings is 1. The van der Waals surface area contributed by atoms with Crippen LogP contribution in [0.3, 0.4) is 0 Å².